The molecule has 1 aromatic carbocycles. The molecule has 1 amide bonds. The third-order valence-corrected chi connectivity index (χ3v) is 5.34. The van der Waals surface area contributed by atoms with Gasteiger partial charge in [-0.15, -0.1) is 0 Å². The Morgan fingerprint density at radius 2 is 2.15 bits per heavy atom. The Morgan fingerprint density at radius 1 is 1.31 bits per heavy atom. The van der Waals surface area contributed by atoms with Crippen molar-refractivity contribution in [2.75, 3.05) is 26.9 Å². The van der Waals surface area contributed by atoms with Crippen molar-refractivity contribution in [1.29, 1.82) is 0 Å². The molecule has 0 spiro atoms. The van der Waals surface area contributed by atoms with Crippen LogP contribution in [0.5, 0.6) is 5.75 Å². The second-order valence-electron chi connectivity index (χ2n) is 7.27. The number of amides is 1. The van der Waals surface area contributed by atoms with Gasteiger partial charge in [-0.2, -0.15) is 0 Å². The molecule has 1 N–H and O–H groups in total. The predicted octanol–water partition coefficient (Wildman–Crippen LogP) is 2.50. The van der Waals surface area contributed by atoms with Gasteiger partial charge < -0.3 is 24.1 Å². The van der Waals surface area contributed by atoms with E-state index in [2.05, 4.69) is 5.32 Å². The van der Waals surface area contributed by atoms with Crippen LogP contribution in [0.25, 0.3) is 10.9 Å². The second kappa shape index (κ2) is 7.29. The molecule has 2 aromatic rings. The molecule has 2 fully saturated rings. The number of carbonyl (C=O) groups is 1. The number of aryl methyl sites for hydroxylation is 1. The highest BCUT2D eigenvalue weighted by molar-refractivity contribution is 5.99. The quantitative estimate of drug-likeness (QED) is 0.862. The molecule has 6 heteroatoms. The van der Waals surface area contributed by atoms with E-state index >= 15 is 0 Å². The number of fused-ring (bicyclic) bond motifs is 1. The lowest BCUT2D eigenvalue weighted by molar-refractivity contribution is -0.0568. The zero-order valence-corrected chi connectivity index (χ0v) is 15.4. The molecule has 6 nitrogen and oxygen atoms in total. The fourth-order valence-electron chi connectivity index (χ4n) is 3.49. The summed E-state index contributed by atoms with van der Waals surface area (Å²) in [4.78, 5) is 12.9. The predicted molar refractivity (Wildman–Crippen MR) is 98.6 cm³/mol. The van der Waals surface area contributed by atoms with Crippen LogP contribution in [0.1, 0.15) is 29.8 Å². The summed E-state index contributed by atoms with van der Waals surface area (Å²) >= 11 is 0. The Bertz CT molecular complexity index is 796. The number of carbonyl (C=O) groups excluding carboxylic acids is 1. The maximum Gasteiger partial charge on any atom is 0.268 e. The van der Waals surface area contributed by atoms with Crippen LogP contribution in [0.2, 0.25) is 0 Å². The number of hydrogen-bond acceptors (Lipinski definition) is 4. The first-order chi connectivity index (χ1) is 12.7. The van der Waals surface area contributed by atoms with Gasteiger partial charge in [0, 0.05) is 31.7 Å². The Hall–Kier alpha value is -2.05. The highest BCUT2D eigenvalue weighted by atomic mass is 16.5. The average Bonchev–Trinajstić information content (AvgIpc) is 3.43. The van der Waals surface area contributed by atoms with Crippen molar-refractivity contribution in [2.24, 2.45) is 13.0 Å². The van der Waals surface area contributed by atoms with Crippen LogP contribution in [0.4, 0.5) is 0 Å². The minimum atomic E-state index is -0.109. The van der Waals surface area contributed by atoms with Gasteiger partial charge in [-0.05, 0) is 43.4 Å². The number of nitrogens with one attached hydrogen (secondary N) is 1. The molecule has 2 atom stereocenters. The van der Waals surface area contributed by atoms with Gasteiger partial charge >= 0.3 is 0 Å². The highest BCUT2D eigenvalue weighted by Crippen LogP contribution is 2.30. The van der Waals surface area contributed by atoms with E-state index in [1.807, 2.05) is 35.9 Å². The van der Waals surface area contributed by atoms with Gasteiger partial charge in [0.1, 0.15) is 11.4 Å². The number of nitrogens with zero attached hydrogens (tertiary/aromatic N) is 1. The van der Waals surface area contributed by atoms with Crippen LogP contribution in [0, 0.1) is 5.92 Å². The number of benzene rings is 1. The number of rotatable bonds is 6. The molecular formula is C20H26N2O4. The zero-order valence-electron chi connectivity index (χ0n) is 15.4. The van der Waals surface area contributed by atoms with Crippen LogP contribution >= 0.6 is 0 Å². The highest BCUT2D eigenvalue weighted by Gasteiger charge is 2.31. The van der Waals surface area contributed by atoms with Crippen molar-refractivity contribution in [1.82, 2.24) is 9.88 Å². The number of ether oxygens (including phenoxy) is 3. The van der Waals surface area contributed by atoms with Crippen molar-refractivity contribution < 1.29 is 19.0 Å². The topological polar surface area (TPSA) is 61.7 Å². The molecule has 1 aromatic heterocycles. The molecule has 4 rings (SSSR count). The smallest absolute Gasteiger partial charge is 0.268 e. The monoisotopic (exact) mass is 358 g/mol. The van der Waals surface area contributed by atoms with E-state index in [1.54, 1.807) is 7.11 Å². The first-order valence-electron chi connectivity index (χ1n) is 9.29. The first kappa shape index (κ1) is 17.4. The molecule has 2 heterocycles. The lowest BCUT2D eigenvalue weighted by Gasteiger charge is -2.32. The third kappa shape index (κ3) is 3.57. The molecule has 1 saturated carbocycles. The fourth-order valence-corrected chi connectivity index (χ4v) is 3.49. The van der Waals surface area contributed by atoms with E-state index in [0.29, 0.717) is 24.8 Å². The van der Waals surface area contributed by atoms with Crippen molar-refractivity contribution >= 4 is 16.8 Å². The molecule has 0 bridgehead atoms. The largest absolute Gasteiger partial charge is 0.497 e. The summed E-state index contributed by atoms with van der Waals surface area (Å²) in [5, 5.41) is 4.13. The van der Waals surface area contributed by atoms with Crippen LogP contribution in [0.3, 0.4) is 0 Å². The van der Waals surface area contributed by atoms with Crippen molar-refractivity contribution in [2.45, 2.75) is 31.4 Å². The Kier molecular flexibility index (Phi) is 4.87. The van der Waals surface area contributed by atoms with Crippen LogP contribution in [-0.4, -0.2) is 49.6 Å². The minimum absolute atomic E-state index is 0.0306. The molecular weight excluding hydrogens is 332 g/mol. The molecule has 1 aliphatic heterocycles. The number of hydrogen-bond donors (Lipinski definition) is 1. The lowest BCUT2D eigenvalue weighted by atomic mass is 10.1. The number of methoxy groups -OCH3 is 1. The summed E-state index contributed by atoms with van der Waals surface area (Å²) in [7, 11) is 3.54. The maximum absolute atomic E-state index is 12.9. The maximum atomic E-state index is 12.9. The van der Waals surface area contributed by atoms with E-state index < -0.39 is 0 Å². The lowest BCUT2D eigenvalue weighted by Crippen LogP contribution is -2.51. The molecule has 140 valence electrons. The van der Waals surface area contributed by atoms with Gasteiger partial charge in [-0.25, -0.2) is 0 Å². The molecule has 26 heavy (non-hydrogen) atoms. The Morgan fingerprint density at radius 3 is 2.92 bits per heavy atom. The molecule has 2 aliphatic rings. The van der Waals surface area contributed by atoms with Gasteiger partial charge in [-0.1, -0.05) is 0 Å². The van der Waals surface area contributed by atoms with E-state index in [0.717, 1.165) is 29.7 Å². The summed E-state index contributed by atoms with van der Waals surface area (Å²) in [5.41, 5.74) is 1.59. The van der Waals surface area contributed by atoms with Gasteiger partial charge in [0.25, 0.3) is 5.91 Å². The van der Waals surface area contributed by atoms with E-state index in [-0.39, 0.29) is 18.1 Å². The SMILES string of the molecule is COc1ccc2cc(C(=O)NC3COCCC3OCC3CC3)n(C)c2c1. The standard InChI is InChI=1S/C20H26N2O4/c1-22-17-10-15(24-2)6-5-14(17)9-18(22)20(23)21-16-12-25-8-7-19(16)26-11-13-3-4-13/h5-6,9-10,13,16,19H,3-4,7-8,11-12H2,1-2H3,(H,21,23). The Balaban J connectivity index is 1.49. The van der Waals surface area contributed by atoms with Crippen LogP contribution in [-0.2, 0) is 16.5 Å². The van der Waals surface area contributed by atoms with Crippen molar-refractivity contribution in [3.05, 3.63) is 30.0 Å². The van der Waals surface area contributed by atoms with Gasteiger partial charge in [0.2, 0.25) is 0 Å². The molecule has 2 unspecified atom stereocenters. The van der Waals surface area contributed by atoms with Crippen LogP contribution < -0.4 is 10.1 Å². The van der Waals surface area contributed by atoms with Gasteiger partial charge in [-0.3, -0.25) is 4.79 Å². The normalized spacial score (nSPS) is 23.2. The Labute approximate surface area is 153 Å². The molecule has 1 saturated heterocycles. The summed E-state index contributed by atoms with van der Waals surface area (Å²) in [6.07, 6.45) is 3.38. The molecule has 1 aliphatic carbocycles. The third-order valence-electron chi connectivity index (χ3n) is 5.34. The van der Waals surface area contributed by atoms with E-state index in [1.165, 1.54) is 12.8 Å². The van der Waals surface area contributed by atoms with Crippen molar-refractivity contribution in [3.63, 3.8) is 0 Å². The average molecular weight is 358 g/mol. The molecule has 0 radical (unpaired) electrons. The zero-order chi connectivity index (χ0) is 18.1. The number of aromatic nitrogens is 1. The van der Waals surface area contributed by atoms with Crippen molar-refractivity contribution in [3.8, 4) is 5.75 Å². The van der Waals surface area contributed by atoms with Crippen LogP contribution in [0.15, 0.2) is 24.3 Å². The van der Waals surface area contributed by atoms with Gasteiger partial charge in [0.15, 0.2) is 0 Å². The summed E-state index contributed by atoms with van der Waals surface area (Å²) in [6, 6.07) is 7.62. The summed E-state index contributed by atoms with van der Waals surface area (Å²) in [6.45, 7) is 1.99. The fraction of sp³-hybridized carbons (Fsp3) is 0.550. The van der Waals surface area contributed by atoms with Gasteiger partial charge in [0.05, 0.1) is 31.4 Å². The summed E-state index contributed by atoms with van der Waals surface area (Å²) in [5.74, 6) is 1.39. The minimum Gasteiger partial charge on any atom is -0.497 e. The summed E-state index contributed by atoms with van der Waals surface area (Å²) < 4.78 is 18.8. The van der Waals surface area contributed by atoms with E-state index in [4.69, 9.17) is 14.2 Å². The second-order valence-corrected chi connectivity index (χ2v) is 7.27. The first-order valence-corrected chi connectivity index (χ1v) is 9.29. The van der Waals surface area contributed by atoms with E-state index in [9.17, 15) is 4.79 Å².